The van der Waals surface area contributed by atoms with Gasteiger partial charge < -0.3 is 15.7 Å². The van der Waals surface area contributed by atoms with Gasteiger partial charge in [0.25, 0.3) is 0 Å². The Morgan fingerprint density at radius 1 is 1.52 bits per heavy atom. The van der Waals surface area contributed by atoms with E-state index in [4.69, 9.17) is 10.8 Å². The number of hydrogen-bond acceptors (Lipinski definition) is 6. The fourth-order valence-electron chi connectivity index (χ4n) is 2.32. The van der Waals surface area contributed by atoms with Gasteiger partial charge in [0.15, 0.2) is 9.84 Å². The highest BCUT2D eigenvalue weighted by Gasteiger charge is 2.37. The number of carbonyl (C=O) groups is 2. The van der Waals surface area contributed by atoms with Crippen LogP contribution in [0.4, 0.5) is 0 Å². The van der Waals surface area contributed by atoms with Crippen LogP contribution in [0.5, 0.6) is 0 Å². The number of carbonyl (C=O) groups excluding carboxylic acids is 1. The summed E-state index contributed by atoms with van der Waals surface area (Å²) in [7, 11) is -3.21. The van der Waals surface area contributed by atoms with Crippen LogP contribution >= 0.6 is 11.3 Å². The number of amides is 1. The van der Waals surface area contributed by atoms with E-state index >= 15 is 0 Å². The van der Waals surface area contributed by atoms with Crippen LogP contribution in [0.25, 0.3) is 0 Å². The average molecular weight is 332 g/mol. The second-order valence-electron chi connectivity index (χ2n) is 4.91. The van der Waals surface area contributed by atoms with Crippen molar-refractivity contribution in [3.63, 3.8) is 0 Å². The van der Waals surface area contributed by atoms with Gasteiger partial charge in [0.05, 0.1) is 11.5 Å². The van der Waals surface area contributed by atoms with Gasteiger partial charge in [0, 0.05) is 10.9 Å². The van der Waals surface area contributed by atoms with E-state index in [0.717, 1.165) is 4.90 Å². The molecule has 1 fully saturated rings. The Morgan fingerprint density at radius 2 is 2.24 bits per heavy atom. The van der Waals surface area contributed by atoms with Gasteiger partial charge >= 0.3 is 5.97 Å². The molecule has 1 aliphatic heterocycles. The molecule has 0 saturated carbocycles. The van der Waals surface area contributed by atoms with Crippen molar-refractivity contribution in [2.45, 2.75) is 18.5 Å². The zero-order valence-corrected chi connectivity index (χ0v) is 12.8. The average Bonchev–Trinajstić information content (AvgIpc) is 3.03. The molecule has 21 heavy (non-hydrogen) atoms. The fourth-order valence-corrected chi connectivity index (χ4v) is 4.77. The minimum absolute atomic E-state index is 0.0324. The molecule has 1 aliphatic rings. The lowest BCUT2D eigenvalue weighted by Crippen LogP contribution is -2.47. The zero-order valence-electron chi connectivity index (χ0n) is 11.1. The molecule has 2 heterocycles. The Balaban J connectivity index is 2.20. The highest BCUT2D eigenvalue weighted by Crippen LogP contribution is 2.23. The highest BCUT2D eigenvalue weighted by molar-refractivity contribution is 7.91. The Labute approximate surface area is 126 Å². The third kappa shape index (κ3) is 3.80. The van der Waals surface area contributed by atoms with Crippen LogP contribution in [-0.2, 0) is 19.4 Å². The third-order valence-corrected chi connectivity index (χ3v) is 6.06. The van der Waals surface area contributed by atoms with E-state index < -0.39 is 40.3 Å². The fraction of sp³-hybridized carbons (Fsp3) is 0.500. The van der Waals surface area contributed by atoms with E-state index in [1.165, 1.54) is 11.3 Å². The smallest absolute Gasteiger partial charge is 0.323 e. The molecule has 7 nitrogen and oxygen atoms in total. The number of nitrogens with zero attached hydrogens (tertiary/aromatic N) is 1. The van der Waals surface area contributed by atoms with Gasteiger partial charge in [0.1, 0.15) is 12.6 Å². The largest absolute Gasteiger partial charge is 0.480 e. The van der Waals surface area contributed by atoms with Crippen LogP contribution < -0.4 is 5.73 Å². The minimum atomic E-state index is -3.21. The van der Waals surface area contributed by atoms with Crippen molar-refractivity contribution in [1.29, 1.82) is 0 Å². The number of sulfone groups is 1. The predicted molar refractivity (Wildman–Crippen MR) is 77.7 cm³/mol. The highest BCUT2D eigenvalue weighted by atomic mass is 32.2. The zero-order chi connectivity index (χ0) is 15.6. The van der Waals surface area contributed by atoms with E-state index in [2.05, 4.69) is 0 Å². The Bertz CT molecular complexity index is 626. The second kappa shape index (κ2) is 6.12. The van der Waals surface area contributed by atoms with Gasteiger partial charge in [-0.3, -0.25) is 9.59 Å². The summed E-state index contributed by atoms with van der Waals surface area (Å²) in [5.74, 6) is -1.98. The van der Waals surface area contributed by atoms with Gasteiger partial charge in [-0.1, -0.05) is 6.07 Å². The van der Waals surface area contributed by atoms with Gasteiger partial charge in [-0.2, -0.15) is 0 Å². The van der Waals surface area contributed by atoms with Crippen molar-refractivity contribution in [3.8, 4) is 0 Å². The van der Waals surface area contributed by atoms with Crippen LogP contribution in [0, 0.1) is 0 Å². The molecule has 3 N–H and O–H groups in total. The lowest BCUT2D eigenvalue weighted by Gasteiger charge is -2.28. The number of aliphatic carboxylic acids is 1. The molecule has 0 aromatic carbocycles. The molecule has 1 saturated heterocycles. The number of thiophene rings is 1. The Kier molecular flexibility index (Phi) is 4.64. The van der Waals surface area contributed by atoms with Crippen molar-refractivity contribution in [2.75, 3.05) is 18.1 Å². The van der Waals surface area contributed by atoms with Gasteiger partial charge in [-0.25, -0.2) is 8.42 Å². The third-order valence-electron chi connectivity index (χ3n) is 3.35. The van der Waals surface area contributed by atoms with E-state index in [9.17, 15) is 18.0 Å². The Hall–Kier alpha value is -1.45. The molecular weight excluding hydrogens is 316 g/mol. The molecule has 0 aliphatic carbocycles. The number of hydrogen-bond donors (Lipinski definition) is 2. The van der Waals surface area contributed by atoms with E-state index in [-0.39, 0.29) is 17.9 Å². The quantitative estimate of drug-likeness (QED) is 0.774. The van der Waals surface area contributed by atoms with E-state index in [1.54, 1.807) is 17.5 Å². The summed E-state index contributed by atoms with van der Waals surface area (Å²) in [6, 6.07) is 1.85. The number of carboxylic acids is 1. The summed E-state index contributed by atoms with van der Waals surface area (Å²) in [4.78, 5) is 25.1. The number of carboxylic acid groups (broad SMARTS) is 1. The summed E-state index contributed by atoms with van der Waals surface area (Å²) in [5.41, 5.74) is 5.87. The molecule has 2 atom stereocenters. The SMILES string of the molecule is NC(C(=O)N(CC(=O)O)C1CCS(=O)(=O)C1)c1cccs1. The molecule has 9 heteroatoms. The van der Waals surface area contributed by atoms with Crippen molar-refractivity contribution < 1.29 is 23.1 Å². The number of nitrogens with two attached hydrogens (primary N) is 1. The Morgan fingerprint density at radius 3 is 2.71 bits per heavy atom. The molecule has 0 bridgehead atoms. The molecule has 2 rings (SSSR count). The van der Waals surface area contributed by atoms with E-state index in [0.29, 0.717) is 4.88 Å². The lowest BCUT2D eigenvalue weighted by atomic mass is 10.1. The maximum atomic E-state index is 12.4. The standard InChI is InChI=1S/C12H16N2O5S2/c13-11(9-2-1-4-20-9)12(17)14(6-10(15)16)8-3-5-21(18,19)7-8/h1-2,4,8,11H,3,5-7,13H2,(H,15,16). The molecule has 2 unspecified atom stereocenters. The monoisotopic (exact) mass is 332 g/mol. The molecule has 0 spiro atoms. The van der Waals surface area contributed by atoms with Crippen LogP contribution in [0.15, 0.2) is 17.5 Å². The topological polar surface area (TPSA) is 118 Å². The van der Waals surface area contributed by atoms with Crippen LogP contribution in [0.2, 0.25) is 0 Å². The predicted octanol–water partition coefficient (Wildman–Crippen LogP) is -0.152. The van der Waals surface area contributed by atoms with Crippen molar-refractivity contribution in [1.82, 2.24) is 4.90 Å². The molecule has 116 valence electrons. The van der Waals surface area contributed by atoms with Gasteiger partial charge in [0.2, 0.25) is 5.91 Å². The maximum absolute atomic E-state index is 12.4. The minimum Gasteiger partial charge on any atom is -0.480 e. The summed E-state index contributed by atoms with van der Waals surface area (Å²) >= 11 is 1.30. The first kappa shape index (κ1) is 15.9. The molecular formula is C12H16N2O5S2. The van der Waals surface area contributed by atoms with Crippen LogP contribution in [-0.4, -0.2) is 54.4 Å². The first-order chi connectivity index (χ1) is 9.80. The normalized spacial score (nSPS) is 21.9. The first-order valence-electron chi connectivity index (χ1n) is 6.32. The number of rotatable bonds is 5. The van der Waals surface area contributed by atoms with E-state index in [1.807, 2.05) is 0 Å². The molecule has 0 radical (unpaired) electrons. The maximum Gasteiger partial charge on any atom is 0.323 e. The molecule has 1 amide bonds. The lowest BCUT2D eigenvalue weighted by molar-refractivity contribution is -0.146. The summed E-state index contributed by atoms with van der Waals surface area (Å²) < 4.78 is 23.1. The molecule has 1 aromatic heterocycles. The van der Waals surface area contributed by atoms with Crippen molar-refractivity contribution >= 4 is 33.1 Å². The van der Waals surface area contributed by atoms with Crippen LogP contribution in [0.1, 0.15) is 17.3 Å². The van der Waals surface area contributed by atoms with Crippen LogP contribution in [0.3, 0.4) is 0 Å². The van der Waals surface area contributed by atoms with Gasteiger partial charge in [-0.05, 0) is 17.9 Å². The van der Waals surface area contributed by atoms with Crippen molar-refractivity contribution in [3.05, 3.63) is 22.4 Å². The summed E-state index contributed by atoms with van der Waals surface area (Å²) in [6.45, 7) is -0.544. The first-order valence-corrected chi connectivity index (χ1v) is 9.02. The second-order valence-corrected chi connectivity index (χ2v) is 8.12. The van der Waals surface area contributed by atoms with Crippen molar-refractivity contribution in [2.24, 2.45) is 5.73 Å². The summed E-state index contributed by atoms with van der Waals surface area (Å²) in [6.07, 6.45) is 0.249. The van der Waals surface area contributed by atoms with Gasteiger partial charge in [-0.15, -0.1) is 11.3 Å². The summed E-state index contributed by atoms with van der Waals surface area (Å²) in [5, 5.41) is 10.7. The molecule has 1 aromatic rings.